The van der Waals surface area contributed by atoms with Gasteiger partial charge in [-0.3, -0.25) is 72.1 Å². The van der Waals surface area contributed by atoms with E-state index in [0.717, 1.165) is 0 Å². The molecule has 0 fully saturated rings. The number of carboxylic acid groups (broad SMARTS) is 3. The van der Waals surface area contributed by atoms with Gasteiger partial charge in [0, 0.05) is 25.9 Å². The number of carbonyl (C=O) groups is 16. The van der Waals surface area contributed by atoms with Crippen LogP contribution in [0.5, 0.6) is 5.75 Å². The monoisotopic (exact) mass is 1520 g/mol. The molecule has 0 aliphatic carbocycles. The number of primary amides is 2. The van der Waals surface area contributed by atoms with Gasteiger partial charge in [-0.15, -0.1) is 0 Å². The number of carbonyl (C=O) groups excluding carboxylic acids is 13. The fraction of sp³-hybridized carbons (Fsp3) is 0.641. The van der Waals surface area contributed by atoms with Crippen molar-refractivity contribution in [3.8, 4) is 5.75 Å². The molecule has 0 saturated heterocycles. The summed E-state index contributed by atoms with van der Waals surface area (Å²) in [6, 6.07) is -15.1. The molecular formula is C64H109N21O22. The molecule has 0 heterocycles. The van der Waals surface area contributed by atoms with Crippen molar-refractivity contribution in [1.29, 1.82) is 0 Å². The molecule has 0 bridgehead atoms. The molecule has 0 aromatic heterocycles. The van der Waals surface area contributed by atoms with E-state index < -0.39 is 219 Å². The van der Waals surface area contributed by atoms with Crippen molar-refractivity contribution >= 4 is 101 Å². The molecule has 0 spiro atoms. The van der Waals surface area contributed by atoms with E-state index in [0.29, 0.717) is 18.4 Å². The standard InChI is InChI=1S/C64H109N21O22/c1-33(2)50(61(104)81-42(20-22-47(69)89)57(100)76-39(13-5-8-26-67)54(97)82-44(62(105)106)30-49(92)93)85-60(103)46(32-87)84-56(99)41(15-10-28-74-64(72)107)77-53(96)38(12-4-7-25-66)79-59(102)45(31-86)83-55(98)40(14-9-27-73-63(70)71)78-58(101)43(21-23-48(90)91)80-52(95)37(11-3-6-24-65)75-51(94)36(68)29-34-16-18-35(88)19-17-34/h16-19,33,36-46,50,86-88H,3-15,20-32,65-68H2,1-2H3,(H2,69,89)(H,75,94)(H,76,100)(H,77,96)(H,78,101)(H,79,102)(H,80,95)(H,81,104)(H,82,97)(H,83,98)(H,84,99)(H,85,103)(H,90,91)(H,92,93)(H,105,106)(H4,70,71,73)(H3,72,74,107)/t36-,37+,38+,39+,40+,41+,42+,43+,44+,45+,46+,50+/m1/s1. The lowest BCUT2D eigenvalue weighted by atomic mass is 10.0. The van der Waals surface area contributed by atoms with E-state index in [9.17, 15) is 107 Å². The molecular weight excluding hydrogens is 1410 g/mol. The van der Waals surface area contributed by atoms with Crippen LogP contribution in [0, 0.1) is 5.92 Å². The SMILES string of the molecule is CC(C)[C@H](NC(=O)[C@H](CO)NC(=O)[C@H](CCCNC(N)=O)NC(=O)[C@H](CCCCN)NC(=O)[C@H](CO)NC(=O)[C@H](CCCN=C(N)N)NC(=O)[C@H](CCC(=O)O)NC(=O)[C@H](CCCCN)NC(=O)[C@H](N)Cc1ccc(O)cc1)C(=O)N[C@@H](CCC(N)=O)C(=O)N[C@@H](CCCCN)C(=O)N[C@@H](CC(=O)O)C(=O)O. The number of aliphatic imine (C=N–C) groups is 1. The van der Waals surface area contributed by atoms with E-state index in [1.165, 1.54) is 38.1 Å². The number of guanidine groups is 1. The molecule has 1 rings (SSSR count). The number of hydrogen-bond acceptors (Lipinski definition) is 24. The first kappa shape index (κ1) is 94.4. The van der Waals surface area contributed by atoms with Crippen molar-refractivity contribution in [2.75, 3.05) is 45.9 Å². The highest BCUT2D eigenvalue weighted by Gasteiger charge is 2.38. The predicted molar refractivity (Wildman–Crippen MR) is 381 cm³/mol. The van der Waals surface area contributed by atoms with Gasteiger partial charge in [-0.2, -0.15) is 0 Å². The predicted octanol–water partition coefficient (Wildman–Crippen LogP) is -9.19. The van der Waals surface area contributed by atoms with Crippen LogP contribution < -0.4 is 110 Å². The molecule has 0 aliphatic rings. The van der Waals surface area contributed by atoms with Crippen LogP contribution in [0.4, 0.5) is 4.79 Å². The van der Waals surface area contributed by atoms with Gasteiger partial charge in [-0.1, -0.05) is 26.0 Å². The fourth-order valence-electron chi connectivity index (χ4n) is 10.2. The highest BCUT2D eigenvalue weighted by molar-refractivity contribution is 6.00. The van der Waals surface area contributed by atoms with Gasteiger partial charge >= 0.3 is 23.9 Å². The number of aromatic hydroxyl groups is 1. The molecule has 1 aromatic rings. The van der Waals surface area contributed by atoms with Gasteiger partial charge in [0.1, 0.15) is 72.2 Å². The maximum atomic E-state index is 14.4. The van der Waals surface area contributed by atoms with Crippen molar-refractivity contribution in [3.63, 3.8) is 0 Å². The third kappa shape index (κ3) is 38.8. The first-order valence-electron chi connectivity index (χ1n) is 34.8. The molecule has 107 heavy (non-hydrogen) atoms. The van der Waals surface area contributed by atoms with Gasteiger partial charge in [0.05, 0.1) is 25.7 Å². The smallest absolute Gasteiger partial charge is 0.326 e. The molecule has 0 radical (unpaired) electrons. The number of phenols is 1. The number of aliphatic hydroxyl groups is 2. The van der Waals surface area contributed by atoms with Gasteiger partial charge < -0.3 is 140 Å². The van der Waals surface area contributed by atoms with Gasteiger partial charge in [-0.05, 0) is 146 Å². The molecule has 0 aliphatic heterocycles. The van der Waals surface area contributed by atoms with Crippen LogP contribution in [0.25, 0.3) is 0 Å². The van der Waals surface area contributed by atoms with Gasteiger partial charge in [0.2, 0.25) is 70.9 Å². The highest BCUT2D eigenvalue weighted by Crippen LogP contribution is 2.15. The van der Waals surface area contributed by atoms with Gasteiger partial charge in [0.15, 0.2) is 5.96 Å². The van der Waals surface area contributed by atoms with Gasteiger partial charge in [-0.25, -0.2) is 9.59 Å². The summed E-state index contributed by atoms with van der Waals surface area (Å²) in [6.07, 6.45) is -3.08. The Morgan fingerprint density at radius 3 is 1.11 bits per heavy atom. The van der Waals surface area contributed by atoms with E-state index in [1.807, 2.05) is 5.32 Å². The number of hydrogen-bond donors (Lipinski definition) is 26. The number of nitrogens with zero attached hydrogens (tertiary/aromatic N) is 1. The number of aliphatic carboxylic acids is 3. The van der Waals surface area contributed by atoms with Crippen LogP contribution in [0.15, 0.2) is 29.3 Å². The number of nitrogens with one attached hydrogen (secondary N) is 12. The minimum atomic E-state index is -1.93. The van der Waals surface area contributed by atoms with E-state index in [4.69, 9.17) is 45.9 Å². The molecule has 12 atom stereocenters. The summed E-state index contributed by atoms with van der Waals surface area (Å²) in [5, 5.41) is 87.6. The van der Waals surface area contributed by atoms with E-state index >= 15 is 0 Å². The molecule has 14 amide bonds. The zero-order valence-corrected chi connectivity index (χ0v) is 60.0. The third-order valence-electron chi connectivity index (χ3n) is 16.1. The van der Waals surface area contributed by atoms with E-state index in [1.54, 1.807) is 0 Å². The maximum absolute atomic E-state index is 14.4. The number of benzene rings is 1. The van der Waals surface area contributed by atoms with Crippen molar-refractivity contribution in [1.82, 2.24) is 63.8 Å². The Bertz CT molecular complexity index is 3150. The summed E-state index contributed by atoms with van der Waals surface area (Å²) >= 11 is 0. The number of carboxylic acids is 3. The van der Waals surface area contributed by atoms with Crippen molar-refractivity contribution in [3.05, 3.63) is 29.8 Å². The lowest BCUT2D eigenvalue weighted by Crippen LogP contribution is -2.62. The van der Waals surface area contributed by atoms with E-state index in [-0.39, 0.29) is 121 Å². The highest BCUT2D eigenvalue weighted by atomic mass is 16.4. The Hall–Kier alpha value is -10.6. The quantitative estimate of drug-likeness (QED) is 0.0164. The zero-order valence-electron chi connectivity index (χ0n) is 60.0. The van der Waals surface area contributed by atoms with Crippen LogP contribution in [-0.2, 0) is 78.3 Å². The maximum Gasteiger partial charge on any atom is 0.326 e. The number of phenolic OH excluding ortho intramolecular Hbond substituents is 1. The van der Waals surface area contributed by atoms with Crippen LogP contribution in [-0.4, -0.2) is 250 Å². The van der Waals surface area contributed by atoms with Crippen molar-refractivity contribution in [2.45, 2.75) is 208 Å². The Morgan fingerprint density at radius 1 is 0.411 bits per heavy atom. The molecule has 0 saturated carbocycles. The molecule has 43 nitrogen and oxygen atoms in total. The van der Waals surface area contributed by atoms with Crippen LogP contribution in [0.2, 0.25) is 0 Å². The van der Waals surface area contributed by atoms with Crippen LogP contribution >= 0.6 is 0 Å². The molecule has 1 aromatic carbocycles. The number of unbranched alkanes of at least 4 members (excludes halogenated alkanes) is 3. The summed E-state index contributed by atoms with van der Waals surface area (Å²) < 4.78 is 0. The normalized spacial score (nSPS) is 14.4. The zero-order chi connectivity index (χ0) is 80.9. The third-order valence-corrected chi connectivity index (χ3v) is 16.1. The summed E-state index contributed by atoms with van der Waals surface area (Å²) in [7, 11) is 0. The lowest BCUT2D eigenvalue weighted by molar-refractivity contribution is -0.147. The first-order valence-corrected chi connectivity index (χ1v) is 34.8. The second-order valence-corrected chi connectivity index (χ2v) is 25.3. The Morgan fingerprint density at radius 2 is 0.757 bits per heavy atom. The lowest BCUT2D eigenvalue weighted by Gasteiger charge is -2.29. The summed E-state index contributed by atoms with van der Waals surface area (Å²) in [5.41, 5.74) is 45.4. The number of nitrogens with two attached hydrogens (primary N) is 8. The van der Waals surface area contributed by atoms with Crippen molar-refractivity contribution < 1.29 is 107 Å². The number of amides is 14. The molecule has 43 heteroatoms. The fourth-order valence-corrected chi connectivity index (χ4v) is 10.2. The molecule has 34 N–H and O–H groups in total. The average molecular weight is 1520 g/mol. The Labute approximate surface area is 616 Å². The summed E-state index contributed by atoms with van der Waals surface area (Å²) in [4.78, 5) is 217. The minimum absolute atomic E-state index is 0.0177. The number of aliphatic hydroxyl groups excluding tert-OH is 2. The van der Waals surface area contributed by atoms with Crippen LogP contribution in [0.3, 0.4) is 0 Å². The van der Waals surface area contributed by atoms with Crippen LogP contribution in [0.1, 0.15) is 135 Å². The second kappa shape index (κ2) is 51.5. The second-order valence-electron chi connectivity index (χ2n) is 25.3. The summed E-state index contributed by atoms with van der Waals surface area (Å²) in [6.45, 7) is 0.635. The first-order chi connectivity index (χ1) is 50.5. The Balaban J connectivity index is 3.65. The number of rotatable bonds is 56. The molecule has 0 unspecified atom stereocenters. The average Bonchev–Trinajstić information content (AvgIpc) is 0.868. The number of urea groups is 1. The summed E-state index contributed by atoms with van der Waals surface area (Å²) in [5.74, 6) is -18.9. The largest absolute Gasteiger partial charge is 0.508 e. The van der Waals surface area contributed by atoms with Crippen molar-refractivity contribution in [2.24, 2.45) is 56.8 Å². The van der Waals surface area contributed by atoms with Gasteiger partial charge in [0.25, 0.3) is 0 Å². The topological polar surface area (TPSA) is 759 Å². The Kier molecular flexibility index (Phi) is 45.5. The van der Waals surface area contributed by atoms with E-state index in [2.05, 4.69) is 63.5 Å². The minimum Gasteiger partial charge on any atom is -0.508 e. The molecule has 602 valence electrons.